The highest BCUT2D eigenvalue weighted by atomic mass is 79.9. The van der Waals surface area contributed by atoms with Gasteiger partial charge in [-0.3, -0.25) is 4.79 Å². The van der Waals surface area contributed by atoms with Crippen molar-refractivity contribution in [3.8, 4) is 11.5 Å². The average Bonchev–Trinajstić information content (AvgIpc) is 2.46. The zero-order chi connectivity index (χ0) is 13.7. The van der Waals surface area contributed by atoms with Crippen molar-refractivity contribution in [1.82, 2.24) is 0 Å². The van der Waals surface area contributed by atoms with Gasteiger partial charge in [0.2, 0.25) is 0 Å². The van der Waals surface area contributed by atoms with E-state index >= 15 is 0 Å². The van der Waals surface area contributed by atoms with Gasteiger partial charge in [0.1, 0.15) is 18.1 Å². The van der Waals surface area contributed by atoms with Crippen LogP contribution < -0.4 is 9.47 Å². The summed E-state index contributed by atoms with van der Waals surface area (Å²) in [6, 6.07) is 5.47. The number of carbonyl (C=O) groups excluding carboxylic acids is 1. The van der Waals surface area contributed by atoms with Crippen molar-refractivity contribution in [2.75, 3.05) is 13.7 Å². The minimum absolute atomic E-state index is 0.162. The van der Waals surface area contributed by atoms with E-state index in [1.165, 1.54) is 19.3 Å². The molecule has 1 aliphatic rings. The Morgan fingerprint density at radius 2 is 2.05 bits per heavy atom. The number of ketones is 1. The predicted octanol–water partition coefficient (Wildman–Crippen LogP) is 3.99. The van der Waals surface area contributed by atoms with E-state index in [0.717, 1.165) is 23.1 Å². The summed E-state index contributed by atoms with van der Waals surface area (Å²) in [7, 11) is 1.62. The van der Waals surface area contributed by atoms with Crippen LogP contribution in [0.3, 0.4) is 0 Å². The van der Waals surface area contributed by atoms with Crippen molar-refractivity contribution >= 4 is 21.7 Å². The normalized spacial score (nSPS) is 16.1. The van der Waals surface area contributed by atoms with Gasteiger partial charge in [-0.05, 0) is 47.0 Å². The van der Waals surface area contributed by atoms with Crippen molar-refractivity contribution in [2.45, 2.75) is 32.1 Å². The van der Waals surface area contributed by atoms with E-state index in [9.17, 15) is 4.79 Å². The molecule has 0 N–H and O–H groups in total. The number of methoxy groups -OCH3 is 1. The Morgan fingerprint density at radius 3 is 2.68 bits per heavy atom. The zero-order valence-corrected chi connectivity index (χ0v) is 12.7. The van der Waals surface area contributed by atoms with Crippen LogP contribution in [-0.2, 0) is 4.79 Å². The molecule has 1 saturated carbocycles. The molecule has 0 saturated heterocycles. The van der Waals surface area contributed by atoms with E-state index in [2.05, 4.69) is 15.9 Å². The third-order valence-corrected chi connectivity index (χ3v) is 4.19. The average molecular weight is 327 g/mol. The molecule has 1 fully saturated rings. The smallest absolute Gasteiger partial charge is 0.173 e. The summed E-state index contributed by atoms with van der Waals surface area (Å²) in [5.74, 6) is 1.87. The van der Waals surface area contributed by atoms with Crippen molar-refractivity contribution in [3.05, 3.63) is 22.7 Å². The first-order valence-corrected chi connectivity index (χ1v) is 7.49. The SMILES string of the molecule is COc1ccc(OCC(=O)C2CCCCC2)c(Br)c1. The summed E-state index contributed by atoms with van der Waals surface area (Å²) in [5, 5.41) is 0. The lowest BCUT2D eigenvalue weighted by Gasteiger charge is -2.20. The maximum Gasteiger partial charge on any atom is 0.173 e. The maximum absolute atomic E-state index is 12.0. The molecule has 0 radical (unpaired) electrons. The largest absolute Gasteiger partial charge is 0.497 e. The summed E-state index contributed by atoms with van der Waals surface area (Å²) in [6.45, 7) is 0.162. The molecule has 0 unspecified atom stereocenters. The monoisotopic (exact) mass is 326 g/mol. The number of benzene rings is 1. The molecule has 0 aromatic heterocycles. The van der Waals surface area contributed by atoms with Crippen LogP contribution in [0, 0.1) is 5.92 Å². The molecule has 0 atom stereocenters. The van der Waals surface area contributed by atoms with E-state index in [0.29, 0.717) is 5.75 Å². The van der Waals surface area contributed by atoms with E-state index < -0.39 is 0 Å². The molecule has 3 nitrogen and oxygen atoms in total. The molecule has 0 aliphatic heterocycles. The van der Waals surface area contributed by atoms with Gasteiger partial charge in [-0.2, -0.15) is 0 Å². The lowest BCUT2D eigenvalue weighted by molar-refractivity contribution is -0.125. The van der Waals surface area contributed by atoms with E-state index in [1.807, 2.05) is 18.2 Å². The summed E-state index contributed by atoms with van der Waals surface area (Å²) in [4.78, 5) is 12.0. The standard InChI is InChI=1S/C15H19BrO3/c1-18-12-7-8-15(13(16)9-12)19-10-14(17)11-5-3-2-4-6-11/h7-9,11H,2-6,10H2,1H3. The fourth-order valence-electron chi connectivity index (χ4n) is 2.42. The molecular formula is C15H19BrO3. The molecule has 0 bridgehead atoms. The molecule has 2 rings (SSSR count). The Kier molecular flexibility index (Phi) is 5.25. The first-order chi connectivity index (χ1) is 9.20. The van der Waals surface area contributed by atoms with Gasteiger partial charge in [-0.1, -0.05) is 19.3 Å². The second kappa shape index (κ2) is 6.94. The van der Waals surface area contributed by atoms with E-state index in [-0.39, 0.29) is 18.3 Å². The third-order valence-electron chi connectivity index (χ3n) is 3.57. The van der Waals surface area contributed by atoms with Crippen LogP contribution in [0.15, 0.2) is 22.7 Å². The Bertz CT molecular complexity index is 439. The fraction of sp³-hybridized carbons (Fsp3) is 0.533. The van der Waals surface area contributed by atoms with Crippen LogP contribution >= 0.6 is 15.9 Å². The number of carbonyl (C=O) groups is 1. The van der Waals surface area contributed by atoms with Crippen LogP contribution in [0.25, 0.3) is 0 Å². The molecule has 19 heavy (non-hydrogen) atoms. The van der Waals surface area contributed by atoms with Crippen LogP contribution in [0.5, 0.6) is 11.5 Å². The lowest BCUT2D eigenvalue weighted by Crippen LogP contribution is -2.23. The summed E-state index contributed by atoms with van der Waals surface area (Å²) in [6.07, 6.45) is 5.64. The second-order valence-electron chi connectivity index (χ2n) is 4.89. The Labute approximate surface area is 122 Å². The second-order valence-corrected chi connectivity index (χ2v) is 5.74. The van der Waals surface area contributed by atoms with Gasteiger partial charge in [0.05, 0.1) is 11.6 Å². The van der Waals surface area contributed by atoms with Crippen molar-refractivity contribution < 1.29 is 14.3 Å². The minimum atomic E-state index is 0.162. The predicted molar refractivity (Wildman–Crippen MR) is 77.8 cm³/mol. The number of Topliss-reactive ketones (excluding diaryl/α,β-unsaturated/α-hetero) is 1. The molecule has 0 spiro atoms. The third kappa shape index (κ3) is 3.96. The van der Waals surface area contributed by atoms with Gasteiger partial charge in [0.25, 0.3) is 0 Å². The quantitative estimate of drug-likeness (QED) is 0.820. The van der Waals surface area contributed by atoms with E-state index in [4.69, 9.17) is 9.47 Å². The number of rotatable bonds is 5. The van der Waals surface area contributed by atoms with Crippen LogP contribution in [0.1, 0.15) is 32.1 Å². The van der Waals surface area contributed by atoms with E-state index in [1.54, 1.807) is 7.11 Å². The molecule has 104 valence electrons. The molecule has 4 heteroatoms. The molecule has 0 amide bonds. The highest BCUT2D eigenvalue weighted by molar-refractivity contribution is 9.10. The van der Waals surface area contributed by atoms with Gasteiger partial charge in [0, 0.05) is 5.92 Å². The van der Waals surface area contributed by atoms with Crippen molar-refractivity contribution in [1.29, 1.82) is 0 Å². The Morgan fingerprint density at radius 1 is 1.32 bits per heavy atom. The Balaban J connectivity index is 1.89. The van der Waals surface area contributed by atoms with Gasteiger partial charge in [0.15, 0.2) is 5.78 Å². The number of halogens is 1. The number of hydrogen-bond donors (Lipinski definition) is 0. The van der Waals surface area contributed by atoms with Crippen molar-refractivity contribution in [3.63, 3.8) is 0 Å². The molecule has 1 aromatic carbocycles. The van der Waals surface area contributed by atoms with Crippen molar-refractivity contribution in [2.24, 2.45) is 5.92 Å². The first kappa shape index (κ1) is 14.4. The van der Waals surface area contributed by atoms with Crippen LogP contribution in [0.2, 0.25) is 0 Å². The zero-order valence-electron chi connectivity index (χ0n) is 11.2. The minimum Gasteiger partial charge on any atom is -0.497 e. The molecular weight excluding hydrogens is 308 g/mol. The number of ether oxygens (including phenoxy) is 2. The highest BCUT2D eigenvalue weighted by Crippen LogP contribution is 2.30. The van der Waals surface area contributed by atoms with Crippen LogP contribution in [0.4, 0.5) is 0 Å². The van der Waals surface area contributed by atoms with Crippen LogP contribution in [-0.4, -0.2) is 19.5 Å². The molecule has 1 aliphatic carbocycles. The summed E-state index contributed by atoms with van der Waals surface area (Å²) < 4.78 is 11.5. The summed E-state index contributed by atoms with van der Waals surface area (Å²) >= 11 is 3.42. The highest BCUT2D eigenvalue weighted by Gasteiger charge is 2.21. The van der Waals surface area contributed by atoms with Gasteiger partial charge in [-0.25, -0.2) is 0 Å². The van der Waals surface area contributed by atoms with Gasteiger partial charge < -0.3 is 9.47 Å². The first-order valence-electron chi connectivity index (χ1n) is 6.70. The summed E-state index contributed by atoms with van der Waals surface area (Å²) in [5.41, 5.74) is 0. The Hall–Kier alpha value is -1.03. The number of hydrogen-bond acceptors (Lipinski definition) is 3. The topological polar surface area (TPSA) is 35.5 Å². The molecule has 1 aromatic rings. The molecule has 0 heterocycles. The fourth-order valence-corrected chi connectivity index (χ4v) is 2.89. The lowest BCUT2D eigenvalue weighted by atomic mass is 9.86. The van der Waals surface area contributed by atoms with Gasteiger partial charge in [-0.15, -0.1) is 0 Å². The van der Waals surface area contributed by atoms with Gasteiger partial charge >= 0.3 is 0 Å². The maximum atomic E-state index is 12.0.